The molecule has 0 aromatic carbocycles. The number of rotatable bonds is 6. The number of hydrogen-bond acceptors (Lipinski definition) is 5. The lowest BCUT2D eigenvalue weighted by atomic mass is 10.1. The highest BCUT2D eigenvalue weighted by Crippen LogP contribution is 2.35. The second-order valence-corrected chi connectivity index (χ2v) is 5.70. The Morgan fingerprint density at radius 3 is 2.53 bits per heavy atom. The van der Waals surface area contributed by atoms with Gasteiger partial charge in [0.05, 0.1) is 6.61 Å². The van der Waals surface area contributed by atoms with E-state index in [0.29, 0.717) is 0 Å². The van der Waals surface area contributed by atoms with E-state index in [1.165, 1.54) is 18.4 Å². The second kappa shape index (κ2) is 7.81. The van der Waals surface area contributed by atoms with Gasteiger partial charge in [0, 0.05) is 26.7 Å². The lowest BCUT2D eigenvalue weighted by Gasteiger charge is -2.26. The summed E-state index contributed by atoms with van der Waals surface area (Å²) in [5, 5.41) is 0. The van der Waals surface area contributed by atoms with Gasteiger partial charge in [-0.25, -0.2) is 9.36 Å². The molecule has 0 atom stereocenters. The quantitative estimate of drug-likeness (QED) is 0.693. The zero-order valence-corrected chi connectivity index (χ0v) is 11.9. The molecule has 1 heterocycles. The number of ether oxygens (including phenoxy) is 1. The molecule has 1 aliphatic rings. The van der Waals surface area contributed by atoms with Crippen molar-refractivity contribution in [3.05, 3.63) is 0 Å². The van der Waals surface area contributed by atoms with Gasteiger partial charge in [0.1, 0.15) is 6.73 Å². The van der Waals surface area contributed by atoms with Crippen molar-refractivity contribution in [2.45, 2.75) is 19.3 Å². The van der Waals surface area contributed by atoms with E-state index < -0.39 is 13.9 Å². The number of likely N-dealkylation sites (tertiary alicyclic amines) is 1. The monoisotopic (exact) mass is 296 g/mol. The topological polar surface area (TPSA) is 99.5 Å². The molecule has 0 saturated carbocycles. The van der Waals surface area contributed by atoms with Gasteiger partial charge in [-0.05, 0) is 12.8 Å². The van der Waals surface area contributed by atoms with Crippen LogP contribution in [0.2, 0.25) is 0 Å². The molecular formula is C10H21N2O6P. The van der Waals surface area contributed by atoms with E-state index in [1.807, 2.05) is 0 Å². The van der Waals surface area contributed by atoms with Crippen LogP contribution in [0.5, 0.6) is 0 Å². The summed E-state index contributed by atoms with van der Waals surface area (Å²) in [6.45, 7) is 1.93. The highest BCUT2D eigenvalue weighted by molar-refractivity contribution is 7.46. The SMILES string of the molecule is CN(CCOP(=O)(O)O)C(=O)OCN1CCCCC1. The van der Waals surface area contributed by atoms with Crippen molar-refractivity contribution in [1.82, 2.24) is 9.80 Å². The molecule has 0 aliphatic carbocycles. The summed E-state index contributed by atoms with van der Waals surface area (Å²) in [5.41, 5.74) is 0. The first-order valence-corrected chi connectivity index (χ1v) is 7.72. The van der Waals surface area contributed by atoms with E-state index >= 15 is 0 Å². The van der Waals surface area contributed by atoms with Crippen LogP contribution >= 0.6 is 7.82 Å². The van der Waals surface area contributed by atoms with Gasteiger partial charge in [-0.15, -0.1) is 0 Å². The van der Waals surface area contributed by atoms with Gasteiger partial charge in [0.25, 0.3) is 0 Å². The van der Waals surface area contributed by atoms with Crippen LogP contribution in [0.1, 0.15) is 19.3 Å². The zero-order chi connectivity index (χ0) is 14.3. The average Bonchev–Trinajstić information content (AvgIpc) is 2.35. The molecule has 1 fully saturated rings. The van der Waals surface area contributed by atoms with Gasteiger partial charge in [0.2, 0.25) is 0 Å². The highest BCUT2D eigenvalue weighted by Gasteiger charge is 2.17. The molecule has 1 saturated heterocycles. The number of hydrogen-bond donors (Lipinski definition) is 2. The summed E-state index contributed by atoms with van der Waals surface area (Å²) in [5.74, 6) is 0. The number of phosphoric acid groups is 1. The van der Waals surface area contributed by atoms with Gasteiger partial charge >= 0.3 is 13.9 Å². The van der Waals surface area contributed by atoms with Crippen LogP contribution in [-0.4, -0.2) is 65.7 Å². The molecule has 1 amide bonds. The van der Waals surface area contributed by atoms with E-state index in [1.54, 1.807) is 0 Å². The lowest BCUT2D eigenvalue weighted by Crippen LogP contribution is -2.37. The van der Waals surface area contributed by atoms with Crippen LogP contribution in [0, 0.1) is 0 Å². The van der Waals surface area contributed by atoms with Crippen molar-refractivity contribution in [3.8, 4) is 0 Å². The maximum atomic E-state index is 11.6. The summed E-state index contributed by atoms with van der Waals surface area (Å²) in [4.78, 5) is 31.8. The fourth-order valence-corrected chi connectivity index (χ4v) is 2.05. The van der Waals surface area contributed by atoms with Crippen molar-refractivity contribution in [1.29, 1.82) is 0 Å². The Morgan fingerprint density at radius 1 is 1.32 bits per heavy atom. The number of likely N-dealkylation sites (N-methyl/N-ethyl adjacent to an activating group) is 1. The third-order valence-electron chi connectivity index (χ3n) is 2.82. The number of nitrogens with zero attached hydrogens (tertiary/aromatic N) is 2. The van der Waals surface area contributed by atoms with Crippen LogP contribution in [0.25, 0.3) is 0 Å². The van der Waals surface area contributed by atoms with E-state index in [9.17, 15) is 9.36 Å². The number of piperidine rings is 1. The molecule has 0 bridgehead atoms. The Bertz CT molecular complexity index is 328. The first-order valence-electron chi connectivity index (χ1n) is 6.19. The van der Waals surface area contributed by atoms with E-state index in [-0.39, 0.29) is 19.9 Å². The molecule has 19 heavy (non-hydrogen) atoms. The fourth-order valence-electron chi connectivity index (χ4n) is 1.73. The molecular weight excluding hydrogens is 275 g/mol. The summed E-state index contributed by atoms with van der Waals surface area (Å²) in [6, 6.07) is 0. The zero-order valence-electron chi connectivity index (χ0n) is 11.0. The molecule has 0 unspecified atom stereocenters. The number of phosphoric ester groups is 1. The number of amides is 1. The van der Waals surface area contributed by atoms with Gasteiger partial charge in [-0.2, -0.15) is 0 Å². The van der Waals surface area contributed by atoms with Gasteiger partial charge in [0.15, 0.2) is 0 Å². The molecule has 1 rings (SSSR count). The predicted molar refractivity (Wildman–Crippen MR) is 67.4 cm³/mol. The molecule has 1 aliphatic heterocycles. The van der Waals surface area contributed by atoms with Crippen molar-refractivity contribution in [2.75, 3.05) is 40.0 Å². The fraction of sp³-hybridized carbons (Fsp3) is 0.900. The Morgan fingerprint density at radius 2 is 1.95 bits per heavy atom. The van der Waals surface area contributed by atoms with Crippen LogP contribution in [-0.2, 0) is 13.8 Å². The van der Waals surface area contributed by atoms with Crippen molar-refractivity contribution >= 4 is 13.9 Å². The number of carbonyl (C=O) groups is 1. The molecule has 0 aromatic heterocycles. The first-order chi connectivity index (χ1) is 8.88. The molecule has 0 spiro atoms. The molecule has 112 valence electrons. The van der Waals surface area contributed by atoms with Crippen LogP contribution < -0.4 is 0 Å². The van der Waals surface area contributed by atoms with Gasteiger partial charge in [-0.3, -0.25) is 9.42 Å². The van der Waals surface area contributed by atoms with Crippen molar-refractivity contribution in [3.63, 3.8) is 0 Å². The third-order valence-corrected chi connectivity index (χ3v) is 3.34. The highest BCUT2D eigenvalue weighted by atomic mass is 31.2. The second-order valence-electron chi connectivity index (χ2n) is 4.46. The average molecular weight is 296 g/mol. The molecule has 2 N–H and O–H groups in total. The van der Waals surface area contributed by atoms with Gasteiger partial charge in [-0.1, -0.05) is 6.42 Å². The normalized spacial score (nSPS) is 17.2. The Kier molecular flexibility index (Phi) is 6.74. The first kappa shape index (κ1) is 16.4. The Labute approximate surface area is 112 Å². The molecule has 0 radical (unpaired) electrons. The summed E-state index contributed by atoms with van der Waals surface area (Å²) in [6.07, 6.45) is 2.91. The maximum absolute atomic E-state index is 11.6. The lowest BCUT2D eigenvalue weighted by molar-refractivity contribution is 0.0375. The predicted octanol–water partition coefficient (Wildman–Crippen LogP) is 0.607. The third kappa shape index (κ3) is 7.49. The van der Waals surface area contributed by atoms with Crippen molar-refractivity contribution < 1.29 is 28.4 Å². The standard InChI is InChI=1S/C10H21N2O6P/c1-11(7-8-18-19(14,15)16)10(13)17-9-12-5-3-2-4-6-12/h2-9H2,1H3,(H2,14,15,16). The maximum Gasteiger partial charge on any atom is 0.469 e. The summed E-state index contributed by atoms with van der Waals surface area (Å²) < 4.78 is 19.8. The Balaban J connectivity index is 2.15. The van der Waals surface area contributed by atoms with Crippen LogP contribution in [0.15, 0.2) is 0 Å². The number of carbonyl (C=O) groups excluding carboxylic acids is 1. The minimum Gasteiger partial charge on any atom is -0.433 e. The smallest absolute Gasteiger partial charge is 0.433 e. The summed E-state index contributed by atoms with van der Waals surface area (Å²) in [7, 11) is -2.99. The minimum absolute atomic E-state index is 0.0595. The van der Waals surface area contributed by atoms with E-state index in [4.69, 9.17) is 14.5 Å². The van der Waals surface area contributed by atoms with Gasteiger partial charge < -0.3 is 19.4 Å². The largest absolute Gasteiger partial charge is 0.469 e. The Hall–Kier alpha value is -0.660. The molecule has 8 nitrogen and oxygen atoms in total. The van der Waals surface area contributed by atoms with Crippen molar-refractivity contribution in [2.24, 2.45) is 0 Å². The minimum atomic E-state index is -4.48. The van der Waals surface area contributed by atoms with E-state index in [0.717, 1.165) is 25.9 Å². The molecule has 0 aromatic rings. The summed E-state index contributed by atoms with van der Waals surface area (Å²) >= 11 is 0. The molecule has 9 heteroatoms. The van der Waals surface area contributed by atoms with E-state index in [2.05, 4.69) is 9.42 Å². The van der Waals surface area contributed by atoms with Crippen LogP contribution in [0.4, 0.5) is 4.79 Å². The van der Waals surface area contributed by atoms with Crippen LogP contribution in [0.3, 0.4) is 0 Å².